The SMILES string of the molecule is O=C(NCCNCC(O)COc1ccc(OCCOC2CCCC2)cc1)Nc1cccc(C(F)(F)F)c1. The summed E-state index contributed by atoms with van der Waals surface area (Å²) in [6.45, 7) is 1.93. The Morgan fingerprint density at radius 1 is 1.00 bits per heavy atom. The lowest BCUT2D eigenvalue weighted by atomic mass is 10.2. The Balaban J connectivity index is 1.22. The van der Waals surface area contributed by atoms with Gasteiger partial charge in [0.15, 0.2) is 0 Å². The summed E-state index contributed by atoms with van der Waals surface area (Å²) in [7, 11) is 0. The molecule has 204 valence electrons. The van der Waals surface area contributed by atoms with Crippen LogP contribution >= 0.6 is 0 Å². The van der Waals surface area contributed by atoms with Crippen molar-refractivity contribution in [3.05, 3.63) is 54.1 Å². The molecule has 11 heteroatoms. The Labute approximate surface area is 214 Å². The number of hydrogen-bond acceptors (Lipinski definition) is 6. The van der Waals surface area contributed by atoms with E-state index >= 15 is 0 Å². The number of aliphatic hydroxyl groups is 1. The van der Waals surface area contributed by atoms with Crippen LogP contribution in [0.25, 0.3) is 0 Å². The van der Waals surface area contributed by atoms with E-state index in [0.29, 0.717) is 37.4 Å². The monoisotopic (exact) mass is 525 g/mol. The van der Waals surface area contributed by atoms with Crippen molar-refractivity contribution >= 4 is 11.7 Å². The molecule has 1 atom stereocenters. The number of aliphatic hydroxyl groups excluding tert-OH is 1. The number of anilines is 1. The van der Waals surface area contributed by atoms with Gasteiger partial charge in [-0.15, -0.1) is 0 Å². The van der Waals surface area contributed by atoms with E-state index in [0.717, 1.165) is 25.0 Å². The van der Waals surface area contributed by atoms with E-state index in [4.69, 9.17) is 14.2 Å². The third-order valence-corrected chi connectivity index (χ3v) is 5.69. The average Bonchev–Trinajstić information content (AvgIpc) is 3.39. The van der Waals surface area contributed by atoms with Gasteiger partial charge in [0.1, 0.15) is 30.8 Å². The van der Waals surface area contributed by atoms with Crippen LogP contribution < -0.4 is 25.4 Å². The minimum atomic E-state index is -4.48. The molecule has 1 aliphatic carbocycles. The predicted molar refractivity (Wildman–Crippen MR) is 133 cm³/mol. The molecule has 3 rings (SSSR count). The van der Waals surface area contributed by atoms with Crippen molar-refractivity contribution in [1.82, 2.24) is 10.6 Å². The average molecular weight is 526 g/mol. The van der Waals surface area contributed by atoms with Crippen molar-refractivity contribution in [3.8, 4) is 11.5 Å². The molecule has 1 fully saturated rings. The third-order valence-electron chi connectivity index (χ3n) is 5.69. The van der Waals surface area contributed by atoms with E-state index < -0.39 is 23.9 Å². The third kappa shape index (κ3) is 10.9. The maximum atomic E-state index is 12.7. The van der Waals surface area contributed by atoms with Crippen molar-refractivity contribution in [3.63, 3.8) is 0 Å². The highest BCUT2D eigenvalue weighted by Crippen LogP contribution is 2.30. The quantitative estimate of drug-likeness (QED) is 0.276. The Hall–Kier alpha value is -3.02. The summed E-state index contributed by atoms with van der Waals surface area (Å²) >= 11 is 0. The lowest BCUT2D eigenvalue weighted by Crippen LogP contribution is -2.38. The highest BCUT2D eigenvalue weighted by atomic mass is 19.4. The molecule has 0 spiro atoms. The Bertz CT molecular complexity index is 953. The number of carbonyl (C=O) groups is 1. The van der Waals surface area contributed by atoms with Gasteiger partial charge in [-0.05, 0) is 55.3 Å². The number of urea groups is 1. The predicted octanol–water partition coefficient (Wildman–Crippen LogP) is 4.19. The molecule has 2 aromatic rings. The number of carbonyl (C=O) groups excluding carboxylic acids is 1. The van der Waals surface area contributed by atoms with Gasteiger partial charge in [-0.1, -0.05) is 18.9 Å². The normalized spacial score (nSPS) is 14.8. The fourth-order valence-corrected chi connectivity index (χ4v) is 3.79. The van der Waals surface area contributed by atoms with Crippen molar-refractivity contribution in [2.75, 3.05) is 44.8 Å². The Kier molecular flexibility index (Phi) is 11.3. The highest BCUT2D eigenvalue weighted by molar-refractivity contribution is 5.89. The van der Waals surface area contributed by atoms with Gasteiger partial charge in [-0.2, -0.15) is 13.2 Å². The smallest absolute Gasteiger partial charge is 0.416 e. The van der Waals surface area contributed by atoms with Crippen LogP contribution in [0.1, 0.15) is 31.2 Å². The van der Waals surface area contributed by atoms with Crippen molar-refractivity contribution in [1.29, 1.82) is 0 Å². The minimum absolute atomic E-state index is 0.0424. The van der Waals surface area contributed by atoms with E-state index in [1.54, 1.807) is 24.3 Å². The zero-order valence-electron chi connectivity index (χ0n) is 20.6. The molecule has 37 heavy (non-hydrogen) atoms. The van der Waals surface area contributed by atoms with Gasteiger partial charge in [0.2, 0.25) is 0 Å². The van der Waals surface area contributed by atoms with E-state index in [2.05, 4.69) is 16.0 Å². The van der Waals surface area contributed by atoms with Crippen molar-refractivity contribution in [2.45, 2.75) is 44.1 Å². The number of benzene rings is 2. The molecular formula is C26H34F3N3O5. The maximum Gasteiger partial charge on any atom is 0.416 e. The van der Waals surface area contributed by atoms with Gasteiger partial charge in [0, 0.05) is 25.3 Å². The maximum absolute atomic E-state index is 12.7. The van der Waals surface area contributed by atoms with E-state index in [1.807, 2.05) is 0 Å². The summed E-state index contributed by atoms with van der Waals surface area (Å²) in [5.74, 6) is 1.32. The molecule has 4 N–H and O–H groups in total. The summed E-state index contributed by atoms with van der Waals surface area (Å²) in [6, 6.07) is 10.9. The van der Waals surface area contributed by atoms with Gasteiger partial charge in [-0.3, -0.25) is 0 Å². The molecule has 0 bridgehead atoms. The summed E-state index contributed by atoms with van der Waals surface area (Å²) in [5, 5.41) is 17.9. The number of nitrogens with one attached hydrogen (secondary N) is 3. The van der Waals surface area contributed by atoms with Crippen LogP contribution in [0.3, 0.4) is 0 Å². The topological polar surface area (TPSA) is 101 Å². The van der Waals surface area contributed by atoms with E-state index in [9.17, 15) is 23.1 Å². The van der Waals surface area contributed by atoms with Crippen LogP contribution in [0.2, 0.25) is 0 Å². The number of amides is 2. The minimum Gasteiger partial charge on any atom is -0.491 e. The second kappa shape index (κ2) is 14.7. The van der Waals surface area contributed by atoms with E-state index in [1.165, 1.54) is 25.0 Å². The van der Waals surface area contributed by atoms with Crippen LogP contribution in [-0.4, -0.2) is 62.8 Å². The second-order valence-electron chi connectivity index (χ2n) is 8.73. The number of alkyl halides is 3. The summed E-state index contributed by atoms with van der Waals surface area (Å²) in [6.07, 6.45) is -0.145. The van der Waals surface area contributed by atoms with Crippen LogP contribution in [0.5, 0.6) is 11.5 Å². The fourth-order valence-electron chi connectivity index (χ4n) is 3.79. The molecule has 2 aromatic carbocycles. The van der Waals surface area contributed by atoms with Crippen molar-refractivity contribution in [2.24, 2.45) is 0 Å². The lowest BCUT2D eigenvalue weighted by Gasteiger charge is -2.14. The molecule has 0 aromatic heterocycles. The molecule has 0 heterocycles. The van der Waals surface area contributed by atoms with Crippen LogP contribution in [0.15, 0.2) is 48.5 Å². The van der Waals surface area contributed by atoms with Crippen LogP contribution in [0.4, 0.5) is 23.7 Å². The number of ether oxygens (including phenoxy) is 3. The van der Waals surface area contributed by atoms with Crippen LogP contribution in [0, 0.1) is 0 Å². The first kappa shape index (κ1) is 28.5. The standard InChI is InChI=1S/C26H34F3N3O5/c27-26(28,29)19-4-3-5-20(16-19)32-25(34)31-13-12-30-17-21(33)18-37-24-10-8-23(9-11-24)36-15-14-35-22-6-1-2-7-22/h3-5,8-11,16,21-22,30,33H,1-2,6-7,12-15,17-18H2,(H2,31,32,34). The van der Waals surface area contributed by atoms with Gasteiger partial charge in [0.25, 0.3) is 0 Å². The number of rotatable bonds is 14. The van der Waals surface area contributed by atoms with E-state index in [-0.39, 0.29) is 25.4 Å². The Morgan fingerprint density at radius 2 is 1.70 bits per heavy atom. The molecule has 8 nitrogen and oxygen atoms in total. The first-order valence-corrected chi connectivity index (χ1v) is 12.4. The summed E-state index contributed by atoms with van der Waals surface area (Å²) in [5.41, 5.74) is -0.798. The lowest BCUT2D eigenvalue weighted by molar-refractivity contribution is -0.137. The molecule has 2 amide bonds. The molecule has 1 saturated carbocycles. The zero-order chi connectivity index (χ0) is 26.5. The van der Waals surface area contributed by atoms with Crippen LogP contribution in [-0.2, 0) is 10.9 Å². The van der Waals surface area contributed by atoms with Gasteiger partial charge in [-0.25, -0.2) is 4.79 Å². The molecule has 0 radical (unpaired) electrons. The first-order valence-electron chi connectivity index (χ1n) is 12.4. The molecule has 1 unspecified atom stereocenters. The van der Waals surface area contributed by atoms with Gasteiger partial charge in [0.05, 0.1) is 18.3 Å². The molecule has 1 aliphatic rings. The molecule has 0 saturated heterocycles. The first-order chi connectivity index (χ1) is 17.8. The second-order valence-corrected chi connectivity index (χ2v) is 8.73. The van der Waals surface area contributed by atoms with Gasteiger partial charge < -0.3 is 35.3 Å². The van der Waals surface area contributed by atoms with Gasteiger partial charge >= 0.3 is 12.2 Å². The van der Waals surface area contributed by atoms with Crippen molar-refractivity contribution < 1.29 is 37.3 Å². The number of halogens is 3. The fraction of sp³-hybridized carbons (Fsp3) is 0.500. The molecular weight excluding hydrogens is 491 g/mol. The number of hydrogen-bond donors (Lipinski definition) is 4. The summed E-state index contributed by atoms with van der Waals surface area (Å²) < 4.78 is 55.3. The molecule has 0 aliphatic heterocycles. The largest absolute Gasteiger partial charge is 0.491 e. The zero-order valence-corrected chi connectivity index (χ0v) is 20.6. The summed E-state index contributed by atoms with van der Waals surface area (Å²) in [4.78, 5) is 11.9. The Morgan fingerprint density at radius 3 is 2.41 bits per heavy atom. The highest BCUT2D eigenvalue weighted by Gasteiger charge is 2.30.